The van der Waals surface area contributed by atoms with Crippen molar-refractivity contribution in [3.8, 4) is 0 Å². The Morgan fingerprint density at radius 2 is 1.56 bits per heavy atom. The minimum absolute atomic E-state index is 0.0518. The van der Waals surface area contributed by atoms with Crippen LogP contribution < -0.4 is 0 Å². The Hall–Kier alpha value is -0.610. The summed E-state index contributed by atoms with van der Waals surface area (Å²) in [7, 11) is 0. The molecule has 0 aliphatic heterocycles. The molecular weight excluding hydrogens is 340 g/mol. The molecule has 0 aromatic carbocycles. The van der Waals surface area contributed by atoms with Crippen LogP contribution in [0.5, 0.6) is 0 Å². The van der Waals surface area contributed by atoms with E-state index in [0.29, 0.717) is 6.61 Å². The maximum Gasteiger partial charge on any atom is 0.337 e. The van der Waals surface area contributed by atoms with Crippen molar-refractivity contribution in [2.45, 2.75) is 124 Å². The second kappa shape index (κ2) is 15.3. The fourth-order valence-electron chi connectivity index (χ4n) is 3.03. The van der Waals surface area contributed by atoms with Crippen LogP contribution in [0.2, 0.25) is 0 Å². The fourth-order valence-corrected chi connectivity index (χ4v) is 3.03. The van der Waals surface area contributed by atoms with Gasteiger partial charge in [-0.05, 0) is 46.5 Å². The van der Waals surface area contributed by atoms with Gasteiger partial charge in [0.05, 0.1) is 12.2 Å². The number of hydrogen-bond acceptors (Lipinski definition) is 4. The smallest absolute Gasteiger partial charge is 0.337 e. The highest BCUT2D eigenvalue weighted by atomic mass is 16.6. The number of unbranched alkanes of at least 4 members (excludes halogenated alkanes) is 4. The molecule has 0 radical (unpaired) electrons. The standard InChI is InChI=1S/C23H46O4/c1-8-10-12-15-20(5)16-13-11-14-17-26-23(6,7)22(24)25-18-21(9-2)27-19(3)4/h19-21H,8-18H2,1-7H3. The van der Waals surface area contributed by atoms with Gasteiger partial charge >= 0.3 is 5.97 Å². The van der Waals surface area contributed by atoms with Crippen LogP contribution in [0.3, 0.4) is 0 Å². The Morgan fingerprint density at radius 1 is 0.926 bits per heavy atom. The number of rotatable bonds is 17. The summed E-state index contributed by atoms with van der Waals surface area (Å²) in [6.45, 7) is 15.1. The van der Waals surface area contributed by atoms with Crippen LogP contribution >= 0.6 is 0 Å². The summed E-state index contributed by atoms with van der Waals surface area (Å²) < 4.78 is 17.0. The van der Waals surface area contributed by atoms with Gasteiger partial charge in [-0.3, -0.25) is 0 Å². The SMILES string of the molecule is CCCCCC(C)CCCCCOC(C)(C)C(=O)OCC(CC)OC(C)C. The van der Waals surface area contributed by atoms with Gasteiger partial charge in [0, 0.05) is 6.61 Å². The zero-order valence-electron chi connectivity index (χ0n) is 19.1. The average Bonchev–Trinajstić information content (AvgIpc) is 2.61. The Labute approximate surface area is 168 Å². The number of carbonyl (C=O) groups excluding carboxylic acids is 1. The lowest BCUT2D eigenvalue weighted by Gasteiger charge is -2.25. The quantitative estimate of drug-likeness (QED) is 0.217. The molecule has 4 nitrogen and oxygen atoms in total. The first-order valence-corrected chi connectivity index (χ1v) is 11.2. The Kier molecular flexibility index (Phi) is 15.0. The normalized spacial score (nSPS) is 14.4. The summed E-state index contributed by atoms with van der Waals surface area (Å²) in [5.41, 5.74) is -0.899. The second-order valence-electron chi connectivity index (χ2n) is 8.62. The van der Waals surface area contributed by atoms with Crippen LogP contribution in [0.4, 0.5) is 0 Å². The van der Waals surface area contributed by atoms with Crippen molar-refractivity contribution in [3.63, 3.8) is 0 Å². The van der Waals surface area contributed by atoms with E-state index in [1.807, 2.05) is 20.8 Å². The molecule has 0 saturated heterocycles. The third-order valence-electron chi connectivity index (χ3n) is 4.92. The van der Waals surface area contributed by atoms with Gasteiger partial charge in [-0.25, -0.2) is 4.79 Å². The van der Waals surface area contributed by atoms with E-state index in [9.17, 15) is 4.79 Å². The van der Waals surface area contributed by atoms with Crippen LogP contribution in [-0.4, -0.2) is 37.0 Å². The molecule has 0 rings (SSSR count). The highest BCUT2D eigenvalue weighted by molar-refractivity contribution is 5.78. The predicted molar refractivity (Wildman–Crippen MR) is 113 cm³/mol. The van der Waals surface area contributed by atoms with Crippen LogP contribution in [0, 0.1) is 5.92 Å². The van der Waals surface area contributed by atoms with Crippen molar-refractivity contribution in [1.82, 2.24) is 0 Å². The Balaban J connectivity index is 3.90. The molecule has 162 valence electrons. The minimum atomic E-state index is -0.899. The molecule has 27 heavy (non-hydrogen) atoms. The van der Waals surface area contributed by atoms with Gasteiger partial charge in [0.2, 0.25) is 0 Å². The number of esters is 1. The van der Waals surface area contributed by atoms with Gasteiger partial charge in [0.1, 0.15) is 6.61 Å². The third-order valence-corrected chi connectivity index (χ3v) is 4.92. The first-order valence-electron chi connectivity index (χ1n) is 11.2. The van der Waals surface area contributed by atoms with E-state index >= 15 is 0 Å². The van der Waals surface area contributed by atoms with E-state index in [0.717, 1.165) is 25.2 Å². The van der Waals surface area contributed by atoms with Crippen molar-refractivity contribution in [3.05, 3.63) is 0 Å². The molecule has 0 aromatic rings. The molecule has 2 unspecified atom stereocenters. The van der Waals surface area contributed by atoms with Gasteiger partial charge in [-0.15, -0.1) is 0 Å². The number of hydrogen-bond donors (Lipinski definition) is 0. The van der Waals surface area contributed by atoms with E-state index in [-0.39, 0.29) is 24.8 Å². The van der Waals surface area contributed by atoms with E-state index in [1.54, 1.807) is 13.8 Å². The van der Waals surface area contributed by atoms with E-state index in [1.165, 1.54) is 38.5 Å². The molecule has 0 amide bonds. The second-order valence-corrected chi connectivity index (χ2v) is 8.62. The predicted octanol–water partition coefficient (Wildman–Crippen LogP) is 6.31. The summed E-state index contributed by atoms with van der Waals surface area (Å²) in [6, 6.07) is 0. The molecule has 0 saturated carbocycles. The molecule has 0 N–H and O–H groups in total. The minimum Gasteiger partial charge on any atom is -0.461 e. The summed E-state index contributed by atoms with van der Waals surface area (Å²) >= 11 is 0. The van der Waals surface area contributed by atoms with Crippen LogP contribution in [-0.2, 0) is 19.0 Å². The van der Waals surface area contributed by atoms with Gasteiger partial charge in [0.25, 0.3) is 0 Å². The van der Waals surface area contributed by atoms with E-state index < -0.39 is 5.60 Å². The molecule has 0 bridgehead atoms. The van der Waals surface area contributed by atoms with Crippen molar-refractivity contribution in [2.24, 2.45) is 5.92 Å². The Morgan fingerprint density at radius 3 is 2.11 bits per heavy atom. The molecule has 4 heteroatoms. The summed E-state index contributed by atoms with van der Waals surface area (Å²) in [4.78, 5) is 12.3. The lowest BCUT2D eigenvalue weighted by molar-refractivity contribution is -0.173. The number of ether oxygens (including phenoxy) is 3. The van der Waals surface area contributed by atoms with Gasteiger partial charge in [-0.1, -0.05) is 65.7 Å². The molecule has 2 atom stereocenters. The first kappa shape index (κ1) is 26.4. The first-order chi connectivity index (χ1) is 12.7. The maximum absolute atomic E-state index is 12.3. The molecule has 0 heterocycles. The van der Waals surface area contributed by atoms with Crippen molar-refractivity contribution < 1.29 is 19.0 Å². The van der Waals surface area contributed by atoms with Crippen LogP contribution in [0.25, 0.3) is 0 Å². The van der Waals surface area contributed by atoms with Crippen molar-refractivity contribution >= 4 is 5.97 Å². The summed E-state index contributed by atoms with van der Waals surface area (Å²) in [5.74, 6) is 0.515. The largest absolute Gasteiger partial charge is 0.461 e. The zero-order valence-corrected chi connectivity index (χ0v) is 19.1. The van der Waals surface area contributed by atoms with Crippen molar-refractivity contribution in [1.29, 1.82) is 0 Å². The van der Waals surface area contributed by atoms with E-state index in [2.05, 4.69) is 13.8 Å². The maximum atomic E-state index is 12.3. The summed E-state index contributed by atoms with van der Waals surface area (Å²) in [6.07, 6.45) is 10.9. The van der Waals surface area contributed by atoms with Crippen molar-refractivity contribution in [2.75, 3.05) is 13.2 Å². The highest BCUT2D eigenvalue weighted by Crippen LogP contribution is 2.18. The molecular formula is C23H46O4. The van der Waals surface area contributed by atoms with E-state index in [4.69, 9.17) is 14.2 Å². The topological polar surface area (TPSA) is 44.8 Å². The molecule has 0 aliphatic rings. The van der Waals surface area contributed by atoms with Gasteiger partial charge in [-0.2, -0.15) is 0 Å². The lowest BCUT2D eigenvalue weighted by Crippen LogP contribution is -2.39. The fraction of sp³-hybridized carbons (Fsp3) is 0.957. The molecule has 0 aliphatic carbocycles. The summed E-state index contributed by atoms with van der Waals surface area (Å²) in [5, 5.41) is 0. The van der Waals surface area contributed by atoms with Gasteiger partial charge in [0.15, 0.2) is 5.60 Å². The van der Waals surface area contributed by atoms with Crippen LogP contribution in [0.1, 0.15) is 106 Å². The zero-order chi connectivity index (χ0) is 20.7. The molecule has 0 fully saturated rings. The Bertz CT molecular complexity index is 365. The number of carbonyl (C=O) groups is 1. The average molecular weight is 387 g/mol. The van der Waals surface area contributed by atoms with Crippen LogP contribution in [0.15, 0.2) is 0 Å². The lowest BCUT2D eigenvalue weighted by atomic mass is 9.97. The molecule has 0 aromatic heterocycles. The van der Waals surface area contributed by atoms with Gasteiger partial charge < -0.3 is 14.2 Å². The molecule has 0 spiro atoms. The third kappa shape index (κ3) is 14.1. The monoisotopic (exact) mass is 386 g/mol. The highest BCUT2D eigenvalue weighted by Gasteiger charge is 2.30.